The van der Waals surface area contributed by atoms with Gasteiger partial charge in [-0.15, -0.1) is 0 Å². The quantitative estimate of drug-likeness (QED) is 0.849. The van der Waals surface area contributed by atoms with Gasteiger partial charge in [0, 0.05) is 31.7 Å². The molecule has 3 nitrogen and oxygen atoms in total. The summed E-state index contributed by atoms with van der Waals surface area (Å²) < 4.78 is 13.9. The van der Waals surface area contributed by atoms with Gasteiger partial charge in [0.25, 0.3) is 5.91 Å². The Morgan fingerprint density at radius 3 is 2.24 bits per heavy atom. The van der Waals surface area contributed by atoms with Crippen molar-refractivity contribution in [2.75, 3.05) is 19.6 Å². The van der Waals surface area contributed by atoms with Crippen LogP contribution in [-0.2, 0) is 6.42 Å². The molecule has 2 aromatic carbocycles. The molecular formula is C21H25FN2O. The summed E-state index contributed by atoms with van der Waals surface area (Å²) in [5.41, 5.74) is 1.49. The zero-order valence-electron chi connectivity index (χ0n) is 14.9. The number of halogens is 1. The Balaban J connectivity index is 1.64. The van der Waals surface area contributed by atoms with Crippen LogP contribution in [0.5, 0.6) is 0 Å². The summed E-state index contributed by atoms with van der Waals surface area (Å²) in [7, 11) is 0. The minimum absolute atomic E-state index is 0.166. The highest BCUT2D eigenvalue weighted by atomic mass is 19.1. The molecule has 2 atom stereocenters. The Labute approximate surface area is 149 Å². The number of benzene rings is 2. The Hall–Kier alpha value is -2.20. The van der Waals surface area contributed by atoms with Gasteiger partial charge in [0.2, 0.25) is 0 Å². The highest BCUT2D eigenvalue weighted by molar-refractivity contribution is 5.94. The molecule has 0 aromatic heterocycles. The molecule has 2 aromatic rings. The summed E-state index contributed by atoms with van der Waals surface area (Å²) in [4.78, 5) is 16.9. The molecule has 0 spiro atoms. The van der Waals surface area contributed by atoms with E-state index in [0.29, 0.717) is 13.1 Å². The van der Waals surface area contributed by atoms with E-state index >= 15 is 0 Å². The van der Waals surface area contributed by atoms with Gasteiger partial charge in [-0.2, -0.15) is 0 Å². The maximum atomic E-state index is 13.9. The molecule has 4 heteroatoms. The lowest BCUT2D eigenvalue weighted by molar-refractivity contribution is 0.0308. The number of hydrogen-bond acceptors (Lipinski definition) is 2. The fraction of sp³-hybridized carbons (Fsp3) is 0.381. The number of hydrogen-bond donors (Lipinski definition) is 0. The Bertz CT molecular complexity index is 707. The van der Waals surface area contributed by atoms with Crippen LogP contribution in [0.4, 0.5) is 4.39 Å². The normalized spacial score (nSPS) is 21.3. The van der Waals surface area contributed by atoms with E-state index in [1.807, 2.05) is 6.07 Å². The largest absolute Gasteiger partial charge is 0.335 e. The summed E-state index contributed by atoms with van der Waals surface area (Å²) >= 11 is 0. The predicted molar refractivity (Wildman–Crippen MR) is 98.1 cm³/mol. The van der Waals surface area contributed by atoms with Crippen LogP contribution in [0.1, 0.15) is 29.8 Å². The molecule has 3 rings (SSSR count). The Morgan fingerprint density at radius 1 is 1.00 bits per heavy atom. The summed E-state index contributed by atoms with van der Waals surface area (Å²) in [5.74, 6) is -0.654. The molecule has 1 saturated heterocycles. The molecule has 1 aliphatic rings. The smallest absolute Gasteiger partial charge is 0.256 e. The SMILES string of the molecule is CC1CN(C(=O)c2ccccc2F)CC(C)N1CCc1ccccc1. The summed E-state index contributed by atoms with van der Waals surface area (Å²) in [6, 6.07) is 17.2. The molecule has 0 bridgehead atoms. The van der Waals surface area contributed by atoms with E-state index in [2.05, 4.69) is 43.0 Å². The molecule has 0 saturated carbocycles. The van der Waals surface area contributed by atoms with E-state index in [9.17, 15) is 9.18 Å². The molecule has 1 aliphatic heterocycles. The van der Waals surface area contributed by atoms with E-state index < -0.39 is 5.82 Å². The van der Waals surface area contributed by atoms with Crippen molar-refractivity contribution in [2.45, 2.75) is 32.4 Å². The third-order valence-electron chi connectivity index (χ3n) is 4.99. The first-order valence-electron chi connectivity index (χ1n) is 8.89. The lowest BCUT2D eigenvalue weighted by Crippen LogP contribution is -2.58. The molecule has 132 valence electrons. The summed E-state index contributed by atoms with van der Waals surface area (Å²) in [5, 5.41) is 0. The van der Waals surface area contributed by atoms with Crippen LogP contribution in [-0.4, -0.2) is 47.4 Å². The van der Waals surface area contributed by atoms with Gasteiger partial charge >= 0.3 is 0 Å². The lowest BCUT2D eigenvalue weighted by atomic mass is 10.0. The van der Waals surface area contributed by atoms with Gasteiger partial charge in [-0.3, -0.25) is 9.69 Å². The first-order chi connectivity index (χ1) is 12.1. The van der Waals surface area contributed by atoms with E-state index in [0.717, 1.165) is 13.0 Å². The van der Waals surface area contributed by atoms with E-state index in [4.69, 9.17) is 0 Å². The van der Waals surface area contributed by atoms with Crippen LogP contribution >= 0.6 is 0 Å². The fourth-order valence-electron chi connectivity index (χ4n) is 3.67. The Morgan fingerprint density at radius 2 is 1.60 bits per heavy atom. The average molecular weight is 340 g/mol. The van der Waals surface area contributed by atoms with Crippen LogP contribution in [0, 0.1) is 5.82 Å². The number of rotatable bonds is 4. The molecule has 1 fully saturated rings. The zero-order chi connectivity index (χ0) is 17.8. The van der Waals surface area contributed by atoms with Crippen molar-refractivity contribution in [1.82, 2.24) is 9.80 Å². The van der Waals surface area contributed by atoms with Crippen molar-refractivity contribution in [3.05, 3.63) is 71.5 Å². The first kappa shape index (κ1) is 17.6. The molecule has 0 aliphatic carbocycles. The van der Waals surface area contributed by atoms with E-state index in [1.165, 1.54) is 11.6 Å². The van der Waals surface area contributed by atoms with Gasteiger partial charge in [-0.25, -0.2) is 4.39 Å². The Kier molecular flexibility index (Phi) is 5.49. The molecular weight excluding hydrogens is 315 g/mol. The van der Waals surface area contributed by atoms with Crippen molar-refractivity contribution < 1.29 is 9.18 Å². The molecule has 0 radical (unpaired) electrons. The maximum absolute atomic E-state index is 13.9. The topological polar surface area (TPSA) is 23.6 Å². The van der Waals surface area contributed by atoms with Gasteiger partial charge in [-0.1, -0.05) is 42.5 Å². The van der Waals surface area contributed by atoms with Crippen LogP contribution in [0.15, 0.2) is 54.6 Å². The van der Waals surface area contributed by atoms with Crippen LogP contribution in [0.2, 0.25) is 0 Å². The van der Waals surface area contributed by atoms with Crippen molar-refractivity contribution in [3.8, 4) is 0 Å². The van der Waals surface area contributed by atoms with Gasteiger partial charge in [0.05, 0.1) is 5.56 Å². The third-order valence-corrected chi connectivity index (χ3v) is 4.99. The predicted octanol–water partition coefficient (Wildman–Crippen LogP) is 3.60. The minimum Gasteiger partial charge on any atom is -0.335 e. The van der Waals surface area contributed by atoms with Gasteiger partial charge in [-0.05, 0) is 38.0 Å². The molecule has 25 heavy (non-hydrogen) atoms. The van der Waals surface area contributed by atoms with Gasteiger partial charge in [0.1, 0.15) is 5.82 Å². The second-order valence-corrected chi connectivity index (χ2v) is 6.86. The monoisotopic (exact) mass is 340 g/mol. The highest BCUT2D eigenvalue weighted by Gasteiger charge is 2.32. The second kappa shape index (κ2) is 7.79. The van der Waals surface area contributed by atoms with Gasteiger partial charge < -0.3 is 4.90 Å². The first-order valence-corrected chi connectivity index (χ1v) is 8.89. The number of carbonyl (C=O) groups is 1. The lowest BCUT2D eigenvalue weighted by Gasteiger charge is -2.44. The van der Waals surface area contributed by atoms with Gasteiger partial charge in [0.15, 0.2) is 0 Å². The van der Waals surface area contributed by atoms with Crippen molar-refractivity contribution >= 4 is 5.91 Å². The molecule has 2 unspecified atom stereocenters. The minimum atomic E-state index is -0.445. The summed E-state index contributed by atoms with van der Waals surface area (Å²) in [6.45, 7) is 6.51. The third kappa shape index (κ3) is 4.07. The standard InChI is InChI=1S/C21H25FN2O/c1-16-14-23(21(25)19-10-6-7-11-20(19)22)15-17(2)24(16)13-12-18-8-4-3-5-9-18/h3-11,16-17H,12-15H2,1-2H3. The van der Waals surface area contributed by atoms with Crippen LogP contribution in [0.3, 0.4) is 0 Å². The molecule has 1 amide bonds. The second-order valence-electron chi connectivity index (χ2n) is 6.86. The summed E-state index contributed by atoms with van der Waals surface area (Å²) in [6.07, 6.45) is 0.997. The number of amides is 1. The molecule has 0 N–H and O–H groups in total. The molecule has 1 heterocycles. The number of carbonyl (C=O) groups excluding carboxylic acids is 1. The average Bonchev–Trinajstić information content (AvgIpc) is 2.61. The maximum Gasteiger partial charge on any atom is 0.256 e. The van der Waals surface area contributed by atoms with Crippen molar-refractivity contribution in [2.24, 2.45) is 0 Å². The fourth-order valence-corrected chi connectivity index (χ4v) is 3.67. The van der Waals surface area contributed by atoms with E-state index in [1.54, 1.807) is 23.1 Å². The van der Waals surface area contributed by atoms with Crippen LogP contribution < -0.4 is 0 Å². The highest BCUT2D eigenvalue weighted by Crippen LogP contribution is 2.19. The van der Waals surface area contributed by atoms with E-state index in [-0.39, 0.29) is 23.6 Å². The number of piperazine rings is 1. The zero-order valence-corrected chi connectivity index (χ0v) is 14.9. The number of nitrogens with zero attached hydrogens (tertiary/aromatic N) is 2. The van der Waals surface area contributed by atoms with Crippen molar-refractivity contribution in [1.29, 1.82) is 0 Å². The van der Waals surface area contributed by atoms with Crippen molar-refractivity contribution in [3.63, 3.8) is 0 Å². The van der Waals surface area contributed by atoms with Crippen LogP contribution in [0.25, 0.3) is 0 Å².